The average molecular weight is 608 g/mol. The molecule has 9 nitrogen and oxygen atoms in total. The highest BCUT2D eigenvalue weighted by Crippen LogP contribution is 2.57. The van der Waals surface area contributed by atoms with Gasteiger partial charge < -0.3 is 20.5 Å². The first-order valence-corrected chi connectivity index (χ1v) is 13.9. The van der Waals surface area contributed by atoms with Crippen molar-refractivity contribution < 1.29 is 28.7 Å². The van der Waals surface area contributed by atoms with Crippen LogP contribution >= 0.6 is 15.9 Å². The van der Waals surface area contributed by atoms with Gasteiger partial charge in [-0.15, -0.1) is 0 Å². The Morgan fingerprint density at radius 1 is 1.00 bits per heavy atom. The second-order valence-electron chi connectivity index (χ2n) is 10.7. The predicted molar refractivity (Wildman–Crippen MR) is 152 cm³/mol. The van der Waals surface area contributed by atoms with Gasteiger partial charge in [0.15, 0.2) is 5.78 Å². The first-order valence-electron chi connectivity index (χ1n) is 13.1. The minimum absolute atomic E-state index is 0.0189. The van der Waals surface area contributed by atoms with Crippen molar-refractivity contribution in [2.75, 3.05) is 23.4 Å². The summed E-state index contributed by atoms with van der Waals surface area (Å²) in [7, 11) is 0. The van der Waals surface area contributed by atoms with Crippen LogP contribution in [-0.4, -0.2) is 36.8 Å². The summed E-state index contributed by atoms with van der Waals surface area (Å²) in [6, 6.07) is 11.8. The van der Waals surface area contributed by atoms with E-state index in [2.05, 4.69) is 21.2 Å². The van der Waals surface area contributed by atoms with Gasteiger partial charge in [-0.1, -0.05) is 29.8 Å². The topological polar surface area (TPSA) is 128 Å². The fourth-order valence-corrected chi connectivity index (χ4v) is 6.33. The van der Waals surface area contributed by atoms with Gasteiger partial charge >= 0.3 is 11.9 Å². The van der Waals surface area contributed by atoms with Crippen LogP contribution in [0.4, 0.5) is 11.4 Å². The molecule has 1 aliphatic carbocycles. The maximum absolute atomic E-state index is 14.1. The van der Waals surface area contributed by atoms with Crippen molar-refractivity contribution in [2.24, 2.45) is 11.1 Å². The van der Waals surface area contributed by atoms with E-state index in [-0.39, 0.29) is 42.4 Å². The SMILES string of the molecule is CCOC(=O)C1=C(N)N(c2ccc(C(=O)OCC)cc2)C2=C(C(=O)CC(C)(C)C2)C12C(=O)Nc1ccc(Br)cc12. The molecular formula is C30H30BrN3O6. The minimum Gasteiger partial charge on any atom is -0.462 e. The molecule has 1 spiro atoms. The zero-order chi connectivity index (χ0) is 29.0. The zero-order valence-electron chi connectivity index (χ0n) is 22.7. The first kappa shape index (κ1) is 27.6. The molecule has 40 heavy (non-hydrogen) atoms. The Morgan fingerprint density at radius 2 is 1.65 bits per heavy atom. The first-order chi connectivity index (χ1) is 19.0. The summed E-state index contributed by atoms with van der Waals surface area (Å²) in [4.78, 5) is 55.9. The van der Waals surface area contributed by atoms with Crippen LogP contribution in [0.25, 0.3) is 0 Å². The second-order valence-corrected chi connectivity index (χ2v) is 11.7. The molecular weight excluding hydrogens is 578 g/mol. The molecule has 1 amide bonds. The smallest absolute Gasteiger partial charge is 0.339 e. The van der Waals surface area contributed by atoms with E-state index >= 15 is 0 Å². The quantitative estimate of drug-likeness (QED) is 0.468. The average Bonchev–Trinajstić information content (AvgIpc) is 3.15. The van der Waals surface area contributed by atoms with Gasteiger partial charge in [0, 0.05) is 39.1 Å². The molecule has 208 valence electrons. The molecule has 5 rings (SSSR count). The van der Waals surface area contributed by atoms with Crippen LogP contribution in [0.1, 0.15) is 56.5 Å². The number of nitrogens with one attached hydrogen (secondary N) is 1. The lowest BCUT2D eigenvalue weighted by molar-refractivity contribution is -0.140. The number of allylic oxidation sites excluding steroid dienone is 1. The number of benzene rings is 2. The number of amides is 1. The molecule has 2 aromatic carbocycles. The summed E-state index contributed by atoms with van der Waals surface area (Å²) in [5, 5.41) is 2.88. The van der Waals surface area contributed by atoms with Crippen LogP contribution in [0.15, 0.2) is 69.6 Å². The number of ketones is 1. The van der Waals surface area contributed by atoms with E-state index in [1.807, 2.05) is 13.8 Å². The molecule has 0 radical (unpaired) electrons. The van der Waals surface area contributed by atoms with Crippen molar-refractivity contribution in [1.29, 1.82) is 0 Å². The summed E-state index contributed by atoms with van der Waals surface area (Å²) >= 11 is 3.49. The van der Waals surface area contributed by atoms with E-state index in [1.54, 1.807) is 61.2 Å². The number of ether oxygens (including phenoxy) is 2. The van der Waals surface area contributed by atoms with Gasteiger partial charge in [-0.3, -0.25) is 14.5 Å². The van der Waals surface area contributed by atoms with Crippen molar-refractivity contribution in [3.8, 4) is 0 Å². The number of fused-ring (bicyclic) bond motifs is 3. The number of rotatable bonds is 5. The van der Waals surface area contributed by atoms with Gasteiger partial charge in [-0.05, 0) is 68.1 Å². The highest BCUT2D eigenvalue weighted by molar-refractivity contribution is 9.10. The van der Waals surface area contributed by atoms with Crippen molar-refractivity contribution >= 4 is 50.9 Å². The molecule has 0 bridgehead atoms. The molecule has 0 saturated heterocycles. The number of nitrogens with zero attached hydrogens (tertiary/aromatic N) is 1. The number of nitrogens with two attached hydrogens (primary N) is 1. The lowest BCUT2D eigenvalue weighted by Gasteiger charge is -2.47. The van der Waals surface area contributed by atoms with E-state index in [0.717, 1.165) is 0 Å². The third-order valence-corrected chi connectivity index (χ3v) is 7.95. The molecule has 2 aliphatic heterocycles. The zero-order valence-corrected chi connectivity index (χ0v) is 24.3. The monoisotopic (exact) mass is 607 g/mol. The molecule has 1 unspecified atom stereocenters. The number of esters is 2. The van der Waals surface area contributed by atoms with E-state index in [9.17, 15) is 19.2 Å². The Kier molecular flexibility index (Phi) is 6.86. The van der Waals surface area contributed by atoms with Crippen molar-refractivity contribution in [3.63, 3.8) is 0 Å². The summed E-state index contributed by atoms with van der Waals surface area (Å²) < 4.78 is 11.2. The van der Waals surface area contributed by atoms with Crippen LogP contribution in [-0.2, 0) is 29.3 Å². The molecule has 2 aromatic rings. The van der Waals surface area contributed by atoms with E-state index in [0.29, 0.717) is 39.1 Å². The van der Waals surface area contributed by atoms with Crippen LogP contribution in [0.2, 0.25) is 0 Å². The molecule has 3 aliphatic rings. The lowest BCUT2D eigenvalue weighted by Crippen LogP contribution is -2.54. The van der Waals surface area contributed by atoms with Gasteiger partial charge in [-0.25, -0.2) is 9.59 Å². The third-order valence-electron chi connectivity index (χ3n) is 7.46. The summed E-state index contributed by atoms with van der Waals surface area (Å²) in [5.74, 6) is -2.07. The van der Waals surface area contributed by atoms with Crippen LogP contribution in [0.3, 0.4) is 0 Å². The van der Waals surface area contributed by atoms with E-state index in [1.165, 1.54) is 0 Å². The van der Waals surface area contributed by atoms with Crippen LogP contribution in [0, 0.1) is 5.41 Å². The van der Waals surface area contributed by atoms with Crippen molar-refractivity contribution in [3.05, 3.63) is 80.7 Å². The van der Waals surface area contributed by atoms with Gasteiger partial charge in [0.1, 0.15) is 16.8 Å². The van der Waals surface area contributed by atoms with E-state index < -0.39 is 28.7 Å². The van der Waals surface area contributed by atoms with Gasteiger partial charge in [-0.2, -0.15) is 0 Å². The van der Waals surface area contributed by atoms with Gasteiger partial charge in [0.2, 0.25) is 5.91 Å². The number of Topliss-reactive ketones (excluding diaryl/α,β-unsaturated/α-hetero) is 1. The second kappa shape index (κ2) is 9.92. The Morgan fingerprint density at radius 3 is 2.30 bits per heavy atom. The molecule has 0 saturated carbocycles. The van der Waals surface area contributed by atoms with Crippen LogP contribution < -0.4 is 16.0 Å². The lowest BCUT2D eigenvalue weighted by atomic mass is 9.60. The summed E-state index contributed by atoms with van der Waals surface area (Å²) in [6.45, 7) is 7.62. The number of anilines is 2. The Balaban J connectivity index is 1.84. The summed E-state index contributed by atoms with van der Waals surface area (Å²) in [5.41, 5.74) is 7.03. The molecule has 2 heterocycles. The predicted octanol–water partition coefficient (Wildman–Crippen LogP) is 4.71. The highest BCUT2D eigenvalue weighted by Gasteiger charge is 2.63. The number of hydrogen-bond acceptors (Lipinski definition) is 8. The Hall–Kier alpha value is -3.92. The normalized spacial score (nSPS) is 21.3. The summed E-state index contributed by atoms with van der Waals surface area (Å²) in [6.07, 6.45) is 0.582. The fourth-order valence-electron chi connectivity index (χ4n) is 5.97. The van der Waals surface area contributed by atoms with Crippen LogP contribution in [0.5, 0.6) is 0 Å². The largest absolute Gasteiger partial charge is 0.462 e. The maximum Gasteiger partial charge on any atom is 0.339 e. The Bertz CT molecular complexity index is 1520. The van der Waals surface area contributed by atoms with E-state index in [4.69, 9.17) is 15.2 Å². The van der Waals surface area contributed by atoms with Crippen molar-refractivity contribution in [2.45, 2.75) is 46.0 Å². The Labute approximate surface area is 240 Å². The highest BCUT2D eigenvalue weighted by atomic mass is 79.9. The minimum atomic E-state index is -1.79. The van der Waals surface area contributed by atoms with Crippen molar-refractivity contribution in [1.82, 2.24) is 0 Å². The molecule has 3 N–H and O–H groups in total. The molecule has 10 heteroatoms. The van der Waals surface area contributed by atoms with Gasteiger partial charge in [0.25, 0.3) is 0 Å². The standard InChI is InChI=1S/C30H30BrN3O6/c1-5-39-26(36)16-7-10-18(11-8-16)34-21-14-29(3,4)15-22(35)23(21)30(24(25(34)32)27(37)40-6-2)19-13-17(31)9-12-20(19)33-28(30)38/h7-13H,5-6,14-15,32H2,1-4H3,(H,33,38). The fraction of sp³-hybridized carbons (Fsp3) is 0.333. The molecule has 0 aromatic heterocycles. The number of carbonyl (C=O) groups is 4. The third kappa shape index (κ3) is 4.13. The molecule has 0 fully saturated rings. The number of halogens is 1. The number of carbonyl (C=O) groups excluding carboxylic acids is 4. The maximum atomic E-state index is 14.1. The molecule has 1 atom stereocenters. The number of hydrogen-bond donors (Lipinski definition) is 2. The van der Waals surface area contributed by atoms with Gasteiger partial charge in [0.05, 0.1) is 18.8 Å².